The molecule has 2 unspecified atom stereocenters. The van der Waals surface area contributed by atoms with Crippen molar-refractivity contribution in [1.29, 1.82) is 0 Å². The molecule has 21 heavy (non-hydrogen) atoms. The standard InChI is InChI=1S/C16H17Br2NO2/c1-21-15-5-3-2-4-13(15)14(9-19)16(20)10-6-11(17)8-12(18)7-10/h2-8,14,16,20H,9,19H2,1H3. The summed E-state index contributed by atoms with van der Waals surface area (Å²) in [6.07, 6.45) is -0.708. The molecular weight excluding hydrogens is 398 g/mol. The van der Waals surface area contributed by atoms with Crippen molar-refractivity contribution >= 4 is 31.9 Å². The Balaban J connectivity index is 2.40. The van der Waals surface area contributed by atoms with Crippen molar-refractivity contribution in [2.45, 2.75) is 12.0 Å². The van der Waals surface area contributed by atoms with Crippen molar-refractivity contribution in [1.82, 2.24) is 0 Å². The van der Waals surface area contributed by atoms with Gasteiger partial charge in [-0.05, 0) is 29.8 Å². The lowest BCUT2D eigenvalue weighted by atomic mass is 9.88. The van der Waals surface area contributed by atoms with Gasteiger partial charge in [0.2, 0.25) is 0 Å². The lowest BCUT2D eigenvalue weighted by molar-refractivity contribution is 0.146. The van der Waals surface area contributed by atoms with Crippen LogP contribution in [-0.4, -0.2) is 18.8 Å². The van der Waals surface area contributed by atoms with Gasteiger partial charge in [0.25, 0.3) is 0 Å². The molecule has 112 valence electrons. The van der Waals surface area contributed by atoms with Gasteiger partial charge < -0.3 is 15.6 Å². The zero-order chi connectivity index (χ0) is 15.4. The predicted molar refractivity (Wildman–Crippen MR) is 91.6 cm³/mol. The molecular formula is C16H17Br2NO2. The molecule has 0 heterocycles. The normalized spacial score (nSPS) is 13.8. The van der Waals surface area contributed by atoms with E-state index in [0.29, 0.717) is 6.54 Å². The maximum absolute atomic E-state index is 10.7. The molecule has 0 amide bonds. The van der Waals surface area contributed by atoms with Crippen LogP contribution in [0.25, 0.3) is 0 Å². The lowest BCUT2D eigenvalue weighted by Crippen LogP contribution is -2.20. The Morgan fingerprint density at radius 2 is 1.76 bits per heavy atom. The minimum absolute atomic E-state index is 0.234. The molecule has 0 aliphatic heterocycles. The summed E-state index contributed by atoms with van der Waals surface area (Å²) in [6.45, 7) is 0.325. The summed E-state index contributed by atoms with van der Waals surface area (Å²) in [6, 6.07) is 13.4. The van der Waals surface area contributed by atoms with Gasteiger partial charge >= 0.3 is 0 Å². The highest BCUT2D eigenvalue weighted by molar-refractivity contribution is 9.11. The first-order valence-corrected chi connectivity index (χ1v) is 8.12. The number of aliphatic hydroxyl groups is 1. The SMILES string of the molecule is COc1ccccc1C(CN)C(O)c1cc(Br)cc(Br)c1. The summed E-state index contributed by atoms with van der Waals surface area (Å²) in [4.78, 5) is 0. The van der Waals surface area contributed by atoms with Crippen LogP contribution in [0.3, 0.4) is 0 Å². The molecule has 0 aliphatic carbocycles. The molecule has 2 aromatic carbocycles. The minimum atomic E-state index is -0.708. The van der Waals surface area contributed by atoms with Crippen molar-refractivity contribution in [3.8, 4) is 5.75 Å². The second-order valence-corrected chi connectivity index (χ2v) is 6.56. The fourth-order valence-corrected chi connectivity index (χ4v) is 3.71. The third kappa shape index (κ3) is 3.86. The van der Waals surface area contributed by atoms with Gasteiger partial charge in [0.1, 0.15) is 5.75 Å². The summed E-state index contributed by atoms with van der Waals surface area (Å²) in [5.74, 6) is 0.503. The number of rotatable bonds is 5. The van der Waals surface area contributed by atoms with Gasteiger partial charge in [-0.2, -0.15) is 0 Å². The van der Waals surface area contributed by atoms with Crippen molar-refractivity contribution < 1.29 is 9.84 Å². The molecule has 0 fully saturated rings. The zero-order valence-electron chi connectivity index (χ0n) is 11.6. The van der Waals surface area contributed by atoms with Crippen LogP contribution >= 0.6 is 31.9 Å². The Morgan fingerprint density at radius 3 is 2.33 bits per heavy atom. The number of hydrogen-bond donors (Lipinski definition) is 2. The molecule has 5 heteroatoms. The van der Waals surface area contributed by atoms with Gasteiger partial charge in [0.05, 0.1) is 13.2 Å². The largest absolute Gasteiger partial charge is 0.496 e. The molecule has 3 nitrogen and oxygen atoms in total. The van der Waals surface area contributed by atoms with Crippen LogP contribution < -0.4 is 10.5 Å². The van der Waals surface area contributed by atoms with Crippen molar-refractivity contribution in [2.24, 2.45) is 5.73 Å². The summed E-state index contributed by atoms with van der Waals surface area (Å²) in [5.41, 5.74) is 7.62. The molecule has 0 aliphatic rings. The summed E-state index contributed by atoms with van der Waals surface area (Å²) in [7, 11) is 1.62. The average Bonchev–Trinajstić information content (AvgIpc) is 2.47. The Labute approximate surface area is 141 Å². The van der Waals surface area contributed by atoms with Crippen molar-refractivity contribution in [3.05, 3.63) is 62.5 Å². The summed E-state index contributed by atoms with van der Waals surface area (Å²) in [5, 5.41) is 10.7. The van der Waals surface area contributed by atoms with E-state index in [1.807, 2.05) is 42.5 Å². The maximum Gasteiger partial charge on any atom is 0.122 e. The predicted octanol–water partition coefficient (Wildman–Crippen LogP) is 4.00. The quantitative estimate of drug-likeness (QED) is 0.777. The number of para-hydroxylation sites is 1. The monoisotopic (exact) mass is 413 g/mol. The van der Waals surface area contributed by atoms with Crippen LogP contribution in [0.2, 0.25) is 0 Å². The Morgan fingerprint density at radius 1 is 1.14 bits per heavy atom. The van der Waals surface area contributed by atoms with Gasteiger partial charge in [-0.3, -0.25) is 0 Å². The average molecular weight is 415 g/mol. The van der Waals surface area contributed by atoms with Crippen LogP contribution in [0.5, 0.6) is 5.75 Å². The Bertz CT molecular complexity index is 599. The number of aliphatic hydroxyl groups excluding tert-OH is 1. The van der Waals surface area contributed by atoms with Crippen LogP contribution in [-0.2, 0) is 0 Å². The van der Waals surface area contributed by atoms with Crippen molar-refractivity contribution in [3.63, 3.8) is 0 Å². The fraction of sp³-hybridized carbons (Fsp3) is 0.250. The van der Waals surface area contributed by atoms with E-state index in [-0.39, 0.29) is 5.92 Å². The van der Waals surface area contributed by atoms with Crippen LogP contribution in [0, 0.1) is 0 Å². The number of halogens is 2. The van der Waals surface area contributed by atoms with E-state index in [1.165, 1.54) is 0 Å². The fourth-order valence-electron chi connectivity index (χ4n) is 2.38. The maximum atomic E-state index is 10.7. The van der Waals surface area contributed by atoms with Crippen LogP contribution in [0.15, 0.2) is 51.4 Å². The lowest BCUT2D eigenvalue weighted by Gasteiger charge is -2.24. The molecule has 0 radical (unpaired) electrons. The third-order valence-electron chi connectivity index (χ3n) is 3.40. The molecule has 0 saturated heterocycles. The number of methoxy groups -OCH3 is 1. The first-order valence-electron chi connectivity index (χ1n) is 6.54. The second kappa shape index (κ2) is 7.40. The van der Waals surface area contributed by atoms with Gasteiger partial charge in [0, 0.05) is 27.0 Å². The van der Waals surface area contributed by atoms with Gasteiger partial charge in [0.15, 0.2) is 0 Å². The van der Waals surface area contributed by atoms with Crippen molar-refractivity contribution in [2.75, 3.05) is 13.7 Å². The summed E-state index contributed by atoms with van der Waals surface area (Å²) >= 11 is 6.88. The number of ether oxygens (including phenoxy) is 1. The topological polar surface area (TPSA) is 55.5 Å². The first-order chi connectivity index (χ1) is 10.1. The van der Waals surface area contributed by atoms with Crippen LogP contribution in [0.4, 0.5) is 0 Å². The molecule has 2 aromatic rings. The molecule has 0 saturated carbocycles. The molecule has 2 rings (SSSR count). The molecule has 2 atom stereocenters. The van der Waals surface area contributed by atoms with E-state index in [0.717, 1.165) is 25.8 Å². The Hall–Kier alpha value is -0.880. The first kappa shape index (κ1) is 16.5. The molecule has 0 spiro atoms. The molecule has 0 bridgehead atoms. The molecule has 3 N–H and O–H groups in total. The van der Waals surface area contributed by atoms with E-state index >= 15 is 0 Å². The number of benzene rings is 2. The number of nitrogens with two attached hydrogens (primary N) is 1. The molecule has 0 aromatic heterocycles. The highest BCUT2D eigenvalue weighted by Crippen LogP contribution is 2.36. The smallest absolute Gasteiger partial charge is 0.122 e. The highest BCUT2D eigenvalue weighted by atomic mass is 79.9. The van der Waals surface area contributed by atoms with Gasteiger partial charge in [-0.25, -0.2) is 0 Å². The van der Waals surface area contributed by atoms with Crippen LogP contribution in [0.1, 0.15) is 23.1 Å². The minimum Gasteiger partial charge on any atom is -0.496 e. The second-order valence-electron chi connectivity index (χ2n) is 4.73. The van der Waals surface area contributed by atoms with E-state index in [4.69, 9.17) is 10.5 Å². The summed E-state index contributed by atoms with van der Waals surface area (Å²) < 4.78 is 7.19. The Kier molecular flexibility index (Phi) is 5.81. The van der Waals surface area contributed by atoms with E-state index in [2.05, 4.69) is 31.9 Å². The zero-order valence-corrected chi connectivity index (χ0v) is 14.8. The van der Waals surface area contributed by atoms with Gasteiger partial charge in [-0.1, -0.05) is 50.1 Å². The van der Waals surface area contributed by atoms with E-state index < -0.39 is 6.10 Å². The van der Waals surface area contributed by atoms with E-state index in [1.54, 1.807) is 7.11 Å². The van der Waals surface area contributed by atoms with E-state index in [9.17, 15) is 5.11 Å². The highest BCUT2D eigenvalue weighted by Gasteiger charge is 2.24. The third-order valence-corrected chi connectivity index (χ3v) is 4.32. The van der Waals surface area contributed by atoms with Gasteiger partial charge in [-0.15, -0.1) is 0 Å². The number of hydrogen-bond acceptors (Lipinski definition) is 3.